The molecule has 8 nitrogen and oxygen atoms in total. The number of carbonyl (C=O) groups is 2. The quantitative estimate of drug-likeness (QED) is 0.112. The second kappa shape index (κ2) is 20.9. The molecule has 0 spiro atoms. The summed E-state index contributed by atoms with van der Waals surface area (Å²) in [6, 6.07) is 10.1. The molecule has 0 fully saturated rings. The number of hydrogen-bond acceptors (Lipinski definition) is 11. The van der Waals surface area contributed by atoms with E-state index >= 15 is 0 Å². The van der Waals surface area contributed by atoms with Crippen molar-refractivity contribution in [2.24, 2.45) is 4.99 Å². The van der Waals surface area contributed by atoms with Crippen LogP contribution in [0.4, 0.5) is 11.4 Å². The molecule has 0 saturated heterocycles. The lowest BCUT2D eigenvalue weighted by atomic mass is 10.2. The molecule has 2 aromatic carbocycles. The first kappa shape index (κ1) is 37.1. The number of nitrogens with two attached hydrogens (primary N) is 1. The van der Waals surface area contributed by atoms with Gasteiger partial charge in [0.25, 0.3) is 10.5 Å². The number of methoxy groups -OCH3 is 2. The highest BCUT2D eigenvalue weighted by Gasteiger charge is 2.13. The van der Waals surface area contributed by atoms with Crippen LogP contribution in [0.25, 0.3) is 0 Å². The van der Waals surface area contributed by atoms with Gasteiger partial charge in [0.1, 0.15) is 0 Å². The molecule has 4 rings (SSSR count). The van der Waals surface area contributed by atoms with Crippen molar-refractivity contribution >= 4 is 132 Å². The van der Waals surface area contributed by atoms with Gasteiger partial charge >= 0.3 is 26.6 Å². The van der Waals surface area contributed by atoms with E-state index in [4.69, 9.17) is 46.6 Å². The van der Waals surface area contributed by atoms with Gasteiger partial charge in [0.2, 0.25) is 5.15 Å². The molecule has 2 N–H and O–H groups in total. The van der Waals surface area contributed by atoms with Crippen LogP contribution >= 0.6 is 108 Å². The fourth-order valence-electron chi connectivity index (χ4n) is 2.20. The Morgan fingerprint density at radius 1 is 1.00 bits per heavy atom. The van der Waals surface area contributed by atoms with Crippen molar-refractivity contribution in [1.82, 2.24) is 8.75 Å². The average molecular weight is 835 g/mol. The first-order valence-corrected chi connectivity index (χ1v) is 17.0. The summed E-state index contributed by atoms with van der Waals surface area (Å²) in [6.07, 6.45) is 0. The van der Waals surface area contributed by atoms with E-state index in [1.807, 2.05) is 0 Å². The summed E-state index contributed by atoms with van der Waals surface area (Å²) in [5.74, 6) is -0.856. The number of hydrogen-bond donors (Lipinski definition) is 1. The molecular formula is C22H20Br2Cl4N4O4S4. The van der Waals surface area contributed by atoms with Gasteiger partial charge in [0.15, 0.2) is 9.82 Å². The van der Waals surface area contributed by atoms with Crippen LogP contribution in [0.5, 0.6) is 0 Å². The van der Waals surface area contributed by atoms with Gasteiger partial charge in [0, 0.05) is 26.5 Å². The topological polar surface area (TPSA) is 117 Å². The second-order valence-corrected chi connectivity index (χ2v) is 13.0. The second-order valence-electron chi connectivity index (χ2n) is 6.15. The lowest BCUT2D eigenvalue weighted by Crippen LogP contribution is -3.00. The van der Waals surface area contributed by atoms with Crippen molar-refractivity contribution in [3.05, 3.63) is 75.8 Å². The van der Waals surface area contributed by atoms with E-state index in [2.05, 4.69) is 50.3 Å². The van der Waals surface area contributed by atoms with Crippen molar-refractivity contribution in [2.75, 3.05) is 20.0 Å². The van der Waals surface area contributed by atoms with Crippen LogP contribution in [-0.2, 0) is 9.47 Å². The summed E-state index contributed by atoms with van der Waals surface area (Å²) < 4.78 is 25.9. The standard InChI is InChI=1S/C10H6BrClN2O2S2.C8H8BrNO2.C2Cl2NS2.C2H6.ClH/c1-16-10(15)6-3-2-5(11)4-7(6)13-9-8(12)14-18-17-9;1-12-8(11)6-3-2-5(9)4-7(6)10;3-1-2(4)6-7-5-1;1-2;/h2-4H,1H3;2-4H,10H2,1H3;;1-2H3;1H/q;;+1;;/p-1/i;;;1D;. The normalized spacial score (nSPS) is 10.2. The van der Waals surface area contributed by atoms with Gasteiger partial charge in [-0.05, 0) is 58.3 Å². The molecule has 0 atom stereocenters. The van der Waals surface area contributed by atoms with E-state index in [1.165, 1.54) is 56.0 Å². The maximum absolute atomic E-state index is 11.6. The summed E-state index contributed by atoms with van der Waals surface area (Å²) in [5, 5.41) is 0.748. The molecule has 0 saturated carbocycles. The van der Waals surface area contributed by atoms with Crippen LogP contribution < -0.4 is 22.8 Å². The summed E-state index contributed by atoms with van der Waals surface area (Å²) >= 11 is 23.3. The molecule has 18 heteroatoms. The Bertz CT molecular complexity index is 1460. The Morgan fingerprint density at radius 3 is 1.98 bits per heavy atom. The van der Waals surface area contributed by atoms with E-state index in [-0.39, 0.29) is 12.4 Å². The van der Waals surface area contributed by atoms with E-state index in [9.17, 15) is 9.59 Å². The number of ether oxygens (including phenoxy) is 2. The minimum atomic E-state index is -0.439. The molecule has 4 aromatic rings. The van der Waals surface area contributed by atoms with Crippen molar-refractivity contribution in [3.63, 3.8) is 0 Å². The van der Waals surface area contributed by atoms with Gasteiger partial charge in [-0.3, -0.25) is 0 Å². The van der Waals surface area contributed by atoms with E-state index in [0.29, 0.717) is 48.7 Å². The van der Waals surface area contributed by atoms with E-state index < -0.39 is 11.9 Å². The Labute approximate surface area is 285 Å². The molecule has 0 aliphatic rings. The number of halogens is 6. The Balaban J connectivity index is 0.000000599. The summed E-state index contributed by atoms with van der Waals surface area (Å²) in [5.41, 5.74) is 7.25. The lowest BCUT2D eigenvalue weighted by Gasteiger charge is -2.03. The Kier molecular flexibility index (Phi) is 19.3. The number of rotatable bonds is 3. The smallest absolute Gasteiger partial charge is 0.354 e. The third-order valence-electron chi connectivity index (χ3n) is 3.81. The molecular weight excluding hydrogens is 814 g/mol. The highest BCUT2D eigenvalue weighted by Crippen LogP contribution is 2.27. The molecule has 0 unspecified atom stereocenters. The lowest BCUT2D eigenvalue weighted by molar-refractivity contribution is -0.0000364. The van der Waals surface area contributed by atoms with Crippen LogP contribution in [0.15, 0.2) is 50.3 Å². The fraction of sp³-hybridized carbons (Fsp3) is 0.182. The van der Waals surface area contributed by atoms with E-state index in [0.717, 1.165) is 8.95 Å². The molecule has 0 aliphatic carbocycles. The third kappa shape index (κ3) is 12.9. The fourth-order valence-corrected chi connectivity index (χ4v) is 6.94. The maximum Gasteiger partial charge on any atom is 0.354 e. The number of nitrogens with zero attached hydrogens (tertiary/aromatic N) is 3. The van der Waals surface area contributed by atoms with Crippen molar-refractivity contribution in [2.45, 2.75) is 13.8 Å². The molecule has 40 heavy (non-hydrogen) atoms. The predicted molar refractivity (Wildman–Crippen MR) is 171 cm³/mol. The highest BCUT2D eigenvalue weighted by molar-refractivity contribution is 9.10. The summed E-state index contributed by atoms with van der Waals surface area (Å²) in [6.45, 7) is 2.29. The average Bonchev–Trinajstić information content (AvgIpc) is 3.50. The molecule has 0 amide bonds. The summed E-state index contributed by atoms with van der Waals surface area (Å²) in [7, 11) is 7.91. The van der Waals surface area contributed by atoms with Crippen molar-refractivity contribution in [3.8, 4) is 0 Å². The van der Waals surface area contributed by atoms with Crippen molar-refractivity contribution in [1.29, 1.82) is 0 Å². The van der Waals surface area contributed by atoms with Gasteiger partial charge < -0.3 is 27.6 Å². The van der Waals surface area contributed by atoms with Gasteiger partial charge in [-0.15, -0.1) is 4.37 Å². The minimum Gasteiger partial charge on any atom is -1.00 e. The number of benzene rings is 2. The molecule has 0 aliphatic heterocycles. The molecule has 2 heterocycles. The Hall–Kier alpha value is -0.940. The highest BCUT2D eigenvalue weighted by atomic mass is 79.9. The zero-order chi connectivity index (χ0) is 30.2. The SMILES string of the molecule is COC(=O)c1ccc(Br)cc1N.COC(=O)c1ccc(Br)cc1N=c1ssnc1Cl.Clc1ns[s+]c1Cl.[2H]CC.[Cl-]. The third-order valence-corrected chi connectivity index (χ3v) is 9.85. The largest absolute Gasteiger partial charge is 1.00 e. The first-order chi connectivity index (χ1) is 19.0. The van der Waals surface area contributed by atoms with Gasteiger partial charge in [-0.25, -0.2) is 14.6 Å². The zero-order valence-corrected chi connectivity index (χ0v) is 30.1. The number of nitrogen functional groups attached to an aromatic ring is 1. The van der Waals surface area contributed by atoms with Crippen LogP contribution in [0, 0.1) is 0 Å². The number of anilines is 1. The van der Waals surface area contributed by atoms with Crippen molar-refractivity contribution < 1.29 is 32.8 Å². The number of carbonyl (C=O) groups excluding carboxylic acids is 2. The monoisotopic (exact) mass is 831 g/mol. The predicted octanol–water partition coefficient (Wildman–Crippen LogP) is 6.28. The molecule has 0 bridgehead atoms. The van der Waals surface area contributed by atoms with Crippen LogP contribution in [0.3, 0.4) is 0 Å². The van der Waals surface area contributed by atoms with Gasteiger partial charge in [0.05, 0.1) is 31.0 Å². The zero-order valence-electron chi connectivity index (χ0n) is 21.6. The number of esters is 2. The first-order valence-electron chi connectivity index (χ1n) is 10.8. The number of aromatic nitrogens is 2. The molecule has 218 valence electrons. The van der Waals surface area contributed by atoms with Crippen LogP contribution in [0.1, 0.15) is 35.9 Å². The maximum atomic E-state index is 11.6. The van der Waals surface area contributed by atoms with Crippen LogP contribution in [-0.4, -0.2) is 34.9 Å². The van der Waals surface area contributed by atoms with Gasteiger partial charge in [-0.1, -0.05) is 68.9 Å². The van der Waals surface area contributed by atoms with Crippen LogP contribution in [0.2, 0.25) is 14.6 Å². The molecule has 2 aromatic heterocycles. The Morgan fingerprint density at radius 2 is 1.55 bits per heavy atom. The minimum absolute atomic E-state index is 0. The summed E-state index contributed by atoms with van der Waals surface area (Å²) in [4.78, 5) is 27.0. The van der Waals surface area contributed by atoms with E-state index in [1.54, 1.807) is 43.3 Å². The van der Waals surface area contributed by atoms with Gasteiger partial charge in [-0.2, -0.15) is 4.37 Å². The molecule has 0 radical (unpaired) electrons.